The van der Waals surface area contributed by atoms with E-state index in [4.69, 9.17) is 0 Å². The van der Waals surface area contributed by atoms with Gasteiger partial charge in [0, 0.05) is 24.8 Å². The van der Waals surface area contributed by atoms with Crippen molar-refractivity contribution in [2.45, 2.75) is 12.1 Å². The Morgan fingerprint density at radius 1 is 1.17 bits per heavy atom. The summed E-state index contributed by atoms with van der Waals surface area (Å²) in [5.41, 5.74) is 1.72. The zero-order chi connectivity index (χ0) is 21.5. The van der Waals surface area contributed by atoms with E-state index in [1.54, 1.807) is 18.5 Å². The number of hydrogen-bond acceptors (Lipinski definition) is 6. The van der Waals surface area contributed by atoms with Gasteiger partial charge in [0.2, 0.25) is 0 Å². The van der Waals surface area contributed by atoms with Gasteiger partial charge in [-0.1, -0.05) is 6.07 Å². The Balaban J connectivity index is 1.61. The molecule has 156 valence electrons. The second kappa shape index (κ2) is 7.20. The molecular weight excluding hydrogens is 421 g/mol. The standard InChI is InChI=1S/C18H15F3N6O2S/c1-30(28,29)10-13(18(19,20)21)11-4-5-15(23-7-11)27-9-12(8-24-27)16-25-14-3-2-6-22-17(14)26-16/h2-9,13H,10H2,1H3,(H,22,25,26). The first-order valence-corrected chi connectivity index (χ1v) is 10.7. The minimum absolute atomic E-state index is 0.229. The van der Waals surface area contributed by atoms with Crippen LogP contribution in [-0.2, 0) is 9.84 Å². The molecule has 1 atom stereocenters. The molecule has 12 heteroatoms. The van der Waals surface area contributed by atoms with Gasteiger partial charge in [-0.05, 0) is 23.8 Å². The summed E-state index contributed by atoms with van der Waals surface area (Å²) in [6.07, 6.45) is 1.87. The van der Waals surface area contributed by atoms with Gasteiger partial charge in [-0.15, -0.1) is 0 Å². The number of rotatable bonds is 5. The lowest BCUT2D eigenvalue weighted by Crippen LogP contribution is -2.28. The molecule has 1 N–H and O–H groups in total. The summed E-state index contributed by atoms with van der Waals surface area (Å²) in [5, 5.41) is 4.17. The van der Waals surface area contributed by atoms with Crippen molar-refractivity contribution in [3.05, 3.63) is 54.6 Å². The summed E-state index contributed by atoms with van der Waals surface area (Å²) in [7, 11) is -3.84. The molecule has 0 aromatic carbocycles. The van der Waals surface area contributed by atoms with E-state index >= 15 is 0 Å². The molecule has 0 aliphatic carbocycles. The summed E-state index contributed by atoms with van der Waals surface area (Å²) < 4.78 is 64.1. The summed E-state index contributed by atoms with van der Waals surface area (Å²) >= 11 is 0. The lowest BCUT2D eigenvalue weighted by atomic mass is 10.0. The fraction of sp³-hybridized carbons (Fsp3) is 0.222. The molecule has 0 bridgehead atoms. The van der Waals surface area contributed by atoms with Gasteiger partial charge >= 0.3 is 6.18 Å². The van der Waals surface area contributed by atoms with Crippen LogP contribution in [-0.4, -0.2) is 56.3 Å². The molecule has 0 saturated carbocycles. The van der Waals surface area contributed by atoms with Gasteiger partial charge in [0.1, 0.15) is 15.7 Å². The van der Waals surface area contributed by atoms with Crippen LogP contribution in [0.15, 0.2) is 49.1 Å². The molecule has 0 spiro atoms. The van der Waals surface area contributed by atoms with Crippen LogP contribution < -0.4 is 0 Å². The van der Waals surface area contributed by atoms with E-state index in [1.165, 1.54) is 23.0 Å². The van der Waals surface area contributed by atoms with Gasteiger partial charge in [-0.25, -0.2) is 28.1 Å². The highest BCUT2D eigenvalue weighted by Gasteiger charge is 2.42. The second-order valence-corrected chi connectivity index (χ2v) is 8.95. The quantitative estimate of drug-likeness (QED) is 0.516. The Bertz CT molecular complexity index is 1260. The van der Waals surface area contributed by atoms with Gasteiger partial charge in [0.25, 0.3) is 0 Å². The van der Waals surface area contributed by atoms with Crippen molar-refractivity contribution in [1.82, 2.24) is 29.7 Å². The van der Waals surface area contributed by atoms with E-state index in [1.807, 2.05) is 6.07 Å². The Morgan fingerprint density at radius 3 is 2.60 bits per heavy atom. The first-order chi connectivity index (χ1) is 14.1. The summed E-state index contributed by atoms with van der Waals surface area (Å²) in [5.74, 6) is -2.37. The molecule has 8 nitrogen and oxygen atoms in total. The number of nitrogens with zero attached hydrogens (tertiary/aromatic N) is 5. The highest BCUT2D eigenvalue weighted by Crippen LogP contribution is 2.35. The lowest BCUT2D eigenvalue weighted by Gasteiger charge is -2.19. The van der Waals surface area contributed by atoms with Crippen LogP contribution in [0.5, 0.6) is 0 Å². The van der Waals surface area contributed by atoms with E-state index in [0.29, 0.717) is 17.0 Å². The minimum atomic E-state index is -4.71. The fourth-order valence-corrected chi connectivity index (χ4v) is 3.96. The number of aromatic nitrogens is 6. The topological polar surface area (TPSA) is 106 Å². The fourth-order valence-electron chi connectivity index (χ4n) is 2.97. The van der Waals surface area contributed by atoms with Crippen LogP contribution in [0.2, 0.25) is 0 Å². The number of H-pyrrole nitrogens is 1. The molecule has 1 unspecified atom stereocenters. The van der Waals surface area contributed by atoms with Crippen molar-refractivity contribution in [3.8, 4) is 17.2 Å². The smallest absolute Gasteiger partial charge is 0.336 e. The number of alkyl halides is 3. The third-order valence-corrected chi connectivity index (χ3v) is 5.32. The van der Waals surface area contributed by atoms with Gasteiger partial charge < -0.3 is 4.98 Å². The van der Waals surface area contributed by atoms with E-state index in [9.17, 15) is 21.6 Å². The second-order valence-electron chi connectivity index (χ2n) is 6.77. The number of hydrogen-bond donors (Lipinski definition) is 1. The third kappa shape index (κ3) is 4.17. The highest BCUT2D eigenvalue weighted by atomic mass is 32.2. The molecule has 30 heavy (non-hydrogen) atoms. The number of halogens is 3. The van der Waals surface area contributed by atoms with Crippen LogP contribution in [0, 0.1) is 0 Å². The predicted octanol–water partition coefficient (Wildman–Crippen LogP) is 2.90. The van der Waals surface area contributed by atoms with Crippen molar-refractivity contribution in [1.29, 1.82) is 0 Å². The summed E-state index contributed by atoms with van der Waals surface area (Å²) in [6.45, 7) is 0. The average molecular weight is 436 g/mol. The number of imidazole rings is 1. The van der Waals surface area contributed by atoms with Gasteiger partial charge in [-0.2, -0.15) is 18.3 Å². The molecule has 4 rings (SSSR count). The van der Waals surface area contributed by atoms with Crippen molar-refractivity contribution < 1.29 is 21.6 Å². The Hall–Kier alpha value is -3.28. The maximum atomic E-state index is 13.3. The molecular formula is C18H15F3N6O2S. The number of nitrogens with one attached hydrogen (secondary N) is 1. The maximum Gasteiger partial charge on any atom is 0.396 e. The average Bonchev–Trinajstić information content (AvgIpc) is 3.31. The van der Waals surface area contributed by atoms with Gasteiger partial charge in [0.05, 0.1) is 28.9 Å². The predicted molar refractivity (Wildman–Crippen MR) is 103 cm³/mol. The van der Waals surface area contributed by atoms with E-state index in [2.05, 4.69) is 25.0 Å². The summed E-state index contributed by atoms with van der Waals surface area (Å²) in [4.78, 5) is 15.6. The Morgan fingerprint density at radius 2 is 1.97 bits per heavy atom. The van der Waals surface area contributed by atoms with Crippen molar-refractivity contribution in [2.24, 2.45) is 0 Å². The lowest BCUT2D eigenvalue weighted by molar-refractivity contribution is -0.145. The van der Waals surface area contributed by atoms with E-state index in [-0.39, 0.29) is 11.4 Å². The molecule has 4 heterocycles. The van der Waals surface area contributed by atoms with Crippen LogP contribution in [0.3, 0.4) is 0 Å². The normalized spacial score (nSPS) is 13.6. The number of sulfone groups is 1. The maximum absolute atomic E-state index is 13.3. The highest BCUT2D eigenvalue weighted by molar-refractivity contribution is 7.90. The monoisotopic (exact) mass is 436 g/mol. The largest absolute Gasteiger partial charge is 0.396 e. The van der Waals surface area contributed by atoms with Crippen molar-refractivity contribution in [2.75, 3.05) is 12.0 Å². The van der Waals surface area contributed by atoms with Gasteiger partial charge in [0.15, 0.2) is 11.5 Å². The first kappa shape index (κ1) is 20.0. The van der Waals surface area contributed by atoms with Gasteiger partial charge in [-0.3, -0.25) is 0 Å². The molecule has 0 aliphatic rings. The Labute approximate surface area is 168 Å². The molecule has 0 radical (unpaired) electrons. The molecule has 4 aromatic heterocycles. The van der Waals surface area contributed by atoms with E-state index in [0.717, 1.165) is 18.0 Å². The summed E-state index contributed by atoms with van der Waals surface area (Å²) in [6, 6.07) is 6.17. The first-order valence-electron chi connectivity index (χ1n) is 8.67. The van der Waals surface area contributed by atoms with Crippen LogP contribution in [0.4, 0.5) is 13.2 Å². The third-order valence-electron chi connectivity index (χ3n) is 4.39. The zero-order valence-electron chi connectivity index (χ0n) is 15.5. The van der Waals surface area contributed by atoms with Crippen molar-refractivity contribution in [3.63, 3.8) is 0 Å². The molecule has 0 fully saturated rings. The number of aromatic amines is 1. The zero-order valence-corrected chi connectivity index (χ0v) is 16.3. The SMILES string of the molecule is CS(=O)(=O)CC(c1ccc(-n2cc(-c3nc4ncccc4[nH]3)cn2)nc1)C(F)(F)F. The van der Waals surface area contributed by atoms with Crippen molar-refractivity contribution >= 4 is 21.0 Å². The van der Waals surface area contributed by atoms with Crippen LogP contribution in [0.1, 0.15) is 11.5 Å². The molecule has 0 aliphatic heterocycles. The van der Waals surface area contributed by atoms with Crippen LogP contribution in [0.25, 0.3) is 28.4 Å². The molecule has 0 saturated heterocycles. The van der Waals surface area contributed by atoms with Crippen LogP contribution >= 0.6 is 0 Å². The van der Waals surface area contributed by atoms with E-state index < -0.39 is 27.7 Å². The molecule has 0 amide bonds. The number of fused-ring (bicyclic) bond motifs is 1. The minimum Gasteiger partial charge on any atom is -0.336 e. The Kier molecular flexibility index (Phi) is 4.80. The number of pyridine rings is 2. The molecule has 4 aromatic rings.